The summed E-state index contributed by atoms with van der Waals surface area (Å²) in [5, 5.41) is 6.02. The highest BCUT2D eigenvalue weighted by Gasteiger charge is 2.20. The number of halogens is 1. The Balaban J connectivity index is 1.92. The number of ether oxygens (including phenoxy) is 3. The first-order valence-corrected chi connectivity index (χ1v) is 12.0. The maximum absolute atomic E-state index is 6.29. The lowest BCUT2D eigenvalue weighted by Crippen LogP contribution is -2.48. The number of rotatable bonds is 8. The van der Waals surface area contributed by atoms with Gasteiger partial charge in [-0.3, -0.25) is 0 Å². The molecule has 2 aromatic carbocycles. The zero-order valence-electron chi connectivity index (χ0n) is 21.0. The van der Waals surface area contributed by atoms with Crippen molar-refractivity contribution in [3.8, 4) is 17.2 Å². The Morgan fingerprint density at radius 3 is 2.26 bits per heavy atom. The van der Waals surface area contributed by atoms with Gasteiger partial charge in [0.1, 0.15) is 0 Å². The first-order valence-electron chi connectivity index (χ1n) is 11.2. The van der Waals surface area contributed by atoms with Crippen LogP contribution in [0.1, 0.15) is 37.6 Å². The van der Waals surface area contributed by atoms with Crippen molar-refractivity contribution in [1.82, 2.24) is 15.2 Å². The molecule has 0 atom stereocenters. The van der Waals surface area contributed by atoms with Gasteiger partial charge < -0.3 is 29.4 Å². The maximum atomic E-state index is 6.29. The predicted octanol–water partition coefficient (Wildman–Crippen LogP) is 5.87. The molecule has 0 radical (unpaired) electrons. The van der Waals surface area contributed by atoms with Crippen LogP contribution in [-0.2, 0) is 13.0 Å². The van der Waals surface area contributed by atoms with Crippen LogP contribution in [0.25, 0.3) is 10.9 Å². The van der Waals surface area contributed by atoms with Crippen LogP contribution in [0.2, 0.25) is 5.02 Å². The van der Waals surface area contributed by atoms with Crippen molar-refractivity contribution in [3.05, 3.63) is 52.2 Å². The number of methoxy groups -OCH3 is 3. The molecule has 2 N–H and O–H groups in total. The summed E-state index contributed by atoms with van der Waals surface area (Å²) in [4.78, 5) is 5.64. The number of aromatic amines is 1. The predicted molar refractivity (Wildman–Crippen MR) is 144 cm³/mol. The molecule has 1 heterocycles. The van der Waals surface area contributed by atoms with E-state index < -0.39 is 0 Å². The molecule has 34 heavy (non-hydrogen) atoms. The summed E-state index contributed by atoms with van der Waals surface area (Å²) in [6.45, 7) is 9.70. The Labute approximate surface area is 212 Å². The normalized spacial score (nSPS) is 11.4. The van der Waals surface area contributed by atoms with E-state index in [1.54, 1.807) is 21.3 Å². The number of hydrogen-bond acceptors (Lipinski definition) is 4. The summed E-state index contributed by atoms with van der Waals surface area (Å²) >= 11 is 12.1. The van der Waals surface area contributed by atoms with E-state index in [1.807, 2.05) is 30.3 Å². The summed E-state index contributed by atoms with van der Waals surface area (Å²) in [6.07, 6.45) is 0.808. The van der Waals surface area contributed by atoms with Crippen LogP contribution in [0.5, 0.6) is 17.2 Å². The summed E-state index contributed by atoms with van der Waals surface area (Å²) in [5.74, 6) is 1.81. The van der Waals surface area contributed by atoms with Crippen LogP contribution < -0.4 is 19.5 Å². The van der Waals surface area contributed by atoms with E-state index in [9.17, 15) is 0 Å². The zero-order chi connectivity index (χ0) is 25.0. The van der Waals surface area contributed by atoms with Crippen LogP contribution in [0.4, 0.5) is 0 Å². The van der Waals surface area contributed by atoms with Crippen molar-refractivity contribution >= 4 is 39.8 Å². The second kappa shape index (κ2) is 10.7. The summed E-state index contributed by atoms with van der Waals surface area (Å²) in [6, 6.07) is 9.87. The van der Waals surface area contributed by atoms with E-state index in [0.29, 0.717) is 28.9 Å². The fourth-order valence-corrected chi connectivity index (χ4v) is 4.66. The highest BCUT2D eigenvalue weighted by molar-refractivity contribution is 7.80. The fourth-order valence-electron chi connectivity index (χ4n) is 4.02. The molecule has 0 spiro atoms. The van der Waals surface area contributed by atoms with E-state index in [1.165, 1.54) is 5.56 Å². The zero-order valence-corrected chi connectivity index (χ0v) is 22.5. The summed E-state index contributed by atoms with van der Waals surface area (Å²) in [5.41, 5.74) is 4.31. The summed E-state index contributed by atoms with van der Waals surface area (Å²) < 4.78 is 16.6. The second-order valence-electron chi connectivity index (χ2n) is 9.30. The van der Waals surface area contributed by atoms with Gasteiger partial charge in [0.2, 0.25) is 5.75 Å². The minimum absolute atomic E-state index is 0.158. The van der Waals surface area contributed by atoms with Crippen LogP contribution >= 0.6 is 23.8 Å². The average molecular weight is 504 g/mol. The molecule has 0 saturated heterocycles. The van der Waals surface area contributed by atoms with Crippen molar-refractivity contribution in [2.75, 3.05) is 27.9 Å². The van der Waals surface area contributed by atoms with E-state index in [0.717, 1.165) is 40.1 Å². The first kappa shape index (κ1) is 26.0. The topological polar surface area (TPSA) is 58.8 Å². The van der Waals surface area contributed by atoms with Crippen molar-refractivity contribution in [2.45, 2.75) is 46.2 Å². The number of thiocarbonyl (C=S) groups is 1. The number of H-pyrrole nitrogens is 1. The van der Waals surface area contributed by atoms with Gasteiger partial charge in [-0.2, -0.15) is 0 Å². The number of hydrogen-bond donors (Lipinski definition) is 2. The highest BCUT2D eigenvalue weighted by Crippen LogP contribution is 2.38. The fraction of sp³-hybridized carbons (Fsp3) is 0.423. The molecular weight excluding hydrogens is 470 g/mol. The number of aryl methyl sites for hydroxylation is 1. The Hall–Kier alpha value is -2.64. The number of nitrogens with one attached hydrogen (secondary N) is 2. The average Bonchev–Trinajstić information content (AvgIpc) is 3.08. The lowest BCUT2D eigenvalue weighted by atomic mass is 10.1. The molecule has 0 aliphatic heterocycles. The molecule has 6 nitrogen and oxygen atoms in total. The van der Waals surface area contributed by atoms with Crippen LogP contribution in [0, 0.1) is 6.92 Å². The highest BCUT2D eigenvalue weighted by atomic mass is 35.5. The largest absolute Gasteiger partial charge is 0.493 e. The van der Waals surface area contributed by atoms with Gasteiger partial charge in [-0.1, -0.05) is 11.6 Å². The SMILES string of the molecule is COc1cc(CN(CCc2c(C)[nH]c3ccc(Cl)cc23)C(=S)NC(C)(C)C)cc(OC)c1OC. The molecule has 184 valence electrons. The van der Waals surface area contributed by atoms with E-state index >= 15 is 0 Å². The Morgan fingerprint density at radius 2 is 1.71 bits per heavy atom. The van der Waals surface area contributed by atoms with E-state index in [-0.39, 0.29) is 5.54 Å². The Bertz CT molecular complexity index is 1150. The molecule has 3 aromatic rings. The molecule has 0 aliphatic rings. The monoisotopic (exact) mass is 503 g/mol. The minimum atomic E-state index is -0.158. The molecule has 1 aromatic heterocycles. The van der Waals surface area contributed by atoms with Crippen LogP contribution in [0.3, 0.4) is 0 Å². The van der Waals surface area contributed by atoms with Crippen molar-refractivity contribution < 1.29 is 14.2 Å². The number of benzene rings is 2. The molecule has 0 bridgehead atoms. The molecule has 3 rings (SSSR count). The molecule has 0 fully saturated rings. The van der Waals surface area contributed by atoms with Gasteiger partial charge >= 0.3 is 0 Å². The van der Waals surface area contributed by atoms with E-state index in [2.05, 4.69) is 42.9 Å². The van der Waals surface area contributed by atoms with Gasteiger partial charge in [-0.25, -0.2) is 0 Å². The number of fused-ring (bicyclic) bond motifs is 1. The maximum Gasteiger partial charge on any atom is 0.203 e. The van der Waals surface area contributed by atoms with Gasteiger partial charge in [-0.05, 0) is 87.8 Å². The number of aromatic nitrogens is 1. The van der Waals surface area contributed by atoms with Crippen molar-refractivity contribution in [3.63, 3.8) is 0 Å². The molecule has 0 saturated carbocycles. The lowest BCUT2D eigenvalue weighted by Gasteiger charge is -2.31. The van der Waals surface area contributed by atoms with E-state index in [4.69, 9.17) is 38.0 Å². The van der Waals surface area contributed by atoms with Gasteiger partial charge in [0.15, 0.2) is 16.6 Å². The van der Waals surface area contributed by atoms with Crippen molar-refractivity contribution in [2.24, 2.45) is 0 Å². The van der Waals surface area contributed by atoms with Gasteiger partial charge in [-0.15, -0.1) is 0 Å². The smallest absolute Gasteiger partial charge is 0.203 e. The lowest BCUT2D eigenvalue weighted by molar-refractivity contribution is 0.322. The molecule has 0 amide bonds. The first-order chi connectivity index (χ1) is 16.1. The molecule has 0 unspecified atom stereocenters. The Morgan fingerprint density at radius 1 is 1.06 bits per heavy atom. The van der Waals surface area contributed by atoms with Gasteiger partial charge in [0, 0.05) is 40.2 Å². The third kappa shape index (κ3) is 6.07. The van der Waals surface area contributed by atoms with Crippen LogP contribution in [0.15, 0.2) is 30.3 Å². The third-order valence-electron chi connectivity index (χ3n) is 5.58. The van der Waals surface area contributed by atoms with Gasteiger partial charge in [0.05, 0.1) is 21.3 Å². The van der Waals surface area contributed by atoms with Gasteiger partial charge in [0.25, 0.3) is 0 Å². The second-order valence-corrected chi connectivity index (χ2v) is 10.1. The van der Waals surface area contributed by atoms with Crippen LogP contribution in [-0.4, -0.2) is 48.4 Å². The third-order valence-corrected chi connectivity index (χ3v) is 6.18. The minimum Gasteiger partial charge on any atom is -0.493 e. The molecule has 0 aliphatic carbocycles. The molecule has 8 heteroatoms. The summed E-state index contributed by atoms with van der Waals surface area (Å²) in [7, 11) is 4.84. The quantitative estimate of drug-likeness (QED) is 0.375. The molecular formula is C26H34ClN3O3S. The van der Waals surface area contributed by atoms with Crippen molar-refractivity contribution in [1.29, 1.82) is 0 Å². The number of nitrogens with zero attached hydrogens (tertiary/aromatic N) is 1. The standard InChI is InChI=1S/C26H34ClN3O3S/c1-16-19(20-14-18(27)8-9-21(20)28-16)10-11-30(25(34)29-26(2,3)4)15-17-12-22(31-5)24(33-7)23(13-17)32-6/h8-9,12-14,28H,10-11,15H2,1-7H3,(H,29,34). The Kier molecular flexibility index (Phi) is 8.21.